The minimum atomic E-state index is -0.250. The standard InChI is InChI=1S/C14H13N5OS/c1-8-3-4-10(9(2)5-8)13-15-6-11(21-13)12(20)18-14-16-7-17-19-14/h3-7H,1-2H3,(H2,16,17,18,19,20). The third kappa shape index (κ3) is 2.82. The Kier molecular flexibility index (Phi) is 3.49. The average molecular weight is 299 g/mol. The molecule has 0 saturated carbocycles. The van der Waals surface area contributed by atoms with Gasteiger partial charge in [-0.25, -0.2) is 10.1 Å². The van der Waals surface area contributed by atoms with E-state index in [4.69, 9.17) is 0 Å². The van der Waals surface area contributed by atoms with Crippen molar-refractivity contribution in [3.8, 4) is 10.6 Å². The van der Waals surface area contributed by atoms with Gasteiger partial charge in [0.15, 0.2) is 0 Å². The molecule has 3 aromatic rings. The summed E-state index contributed by atoms with van der Waals surface area (Å²) in [5, 5.41) is 9.72. The van der Waals surface area contributed by atoms with Crippen molar-refractivity contribution in [3.63, 3.8) is 0 Å². The Hall–Kier alpha value is -2.54. The van der Waals surface area contributed by atoms with Gasteiger partial charge in [-0.05, 0) is 19.4 Å². The summed E-state index contributed by atoms with van der Waals surface area (Å²) in [5.41, 5.74) is 3.40. The molecule has 2 aromatic heterocycles. The van der Waals surface area contributed by atoms with Crippen molar-refractivity contribution >= 4 is 23.2 Å². The van der Waals surface area contributed by atoms with Crippen LogP contribution in [0.1, 0.15) is 20.8 Å². The Morgan fingerprint density at radius 3 is 2.86 bits per heavy atom. The van der Waals surface area contributed by atoms with Gasteiger partial charge in [0, 0.05) is 5.56 Å². The predicted molar refractivity (Wildman–Crippen MR) is 81.4 cm³/mol. The number of nitrogens with one attached hydrogen (secondary N) is 2. The zero-order valence-electron chi connectivity index (χ0n) is 11.5. The van der Waals surface area contributed by atoms with E-state index in [1.165, 1.54) is 23.2 Å². The molecule has 0 saturated heterocycles. The van der Waals surface area contributed by atoms with Gasteiger partial charge in [0.1, 0.15) is 16.2 Å². The number of benzene rings is 1. The topological polar surface area (TPSA) is 83.6 Å². The van der Waals surface area contributed by atoms with Crippen LogP contribution in [-0.2, 0) is 0 Å². The fourth-order valence-electron chi connectivity index (χ4n) is 1.99. The Balaban J connectivity index is 1.84. The molecule has 0 aliphatic heterocycles. The number of aromatic amines is 1. The number of carbonyl (C=O) groups is 1. The van der Waals surface area contributed by atoms with E-state index in [1.807, 2.05) is 19.1 Å². The first kappa shape index (κ1) is 13.4. The lowest BCUT2D eigenvalue weighted by Crippen LogP contribution is -2.11. The Morgan fingerprint density at radius 2 is 2.14 bits per heavy atom. The van der Waals surface area contributed by atoms with Gasteiger partial charge in [0.25, 0.3) is 5.91 Å². The highest BCUT2D eigenvalue weighted by Gasteiger charge is 2.14. The van der Waals surface area contributed by atoms with Crippen LogP contribution in [0.2, 0.25) is 0 Å². The fraction of sp³-hybridized carbons (Fsp3) is 0.143. The lowest BCUT2D eigenvalue weighted by Gasteiger charge is -2.03. The number of aryl methyl sites for hydroxylation is 2. The summed E-state index contributed by atoms with van der Waals surface area (Å²) in [6.07, 6.45) is 2.91. The van der Waals surface area contributed by atoms with Crippen LogP contribution in [0.3, 0.4) is 0 Å². The molecule has 7 heteroatoms. The van der Waals surface area contributed by atoms with Crippen LogP contribution in [0.15, 0.2) is 30.7 Å². The first-order chi connectivity index (χ1) is 10.1. The molecule has 0 aliphatic rings. The van der Waals surface area contributed by atoms with Crippen molar-refractivity contribution in [2.45, 2.75) is 13.8 Å². The smallest absolute Gasteiger partial charge is 0.269 e. The normalized spacial score (nSPS) is 10.6. The van der Waals surface area contributed by atoms with Crippen molar-refractivity contribution in [1.82, 2.24) is 20.2 Å². The molecule has 1 aromatic carbocycles. The molecule has 106 valence electrons. The fourth-order valence-corrected chi connectivity index (χ4v) is 2.89. The van der Waals surface area contributed by atoms with Crippen LogP contribution in [0.5, 0.6) is 0 Å². The van der Waals surface area contributed by atoms with Crippen molar-refractivity contribution < 1.29 is 4.79 Å². The zero-order valence-corrected chi connectivity index (χ0v) is 12.4. The Bertz CT molecular complexity index is 779. The van der Waals surface area contributed by atoms with Gasteiger partial charge in [-0.3, -0.25) is 10.1 Å². The van der Waals surface area contributed by atoms with E-state index < -0.39 is 0 Å². The van der Waals surface area contributed by atoms with Crippen LogP contribution >= 0.6 is 11.3 Å². The van der Waals surface area contributed by atoms with E-state index in [2.05, 4.69) is 38.5 Å². The summed E-state index contributed by atoms with van der Waals surface area (Å²) in [6, 6.07) is 6.17. The zero-order chi connectivity index (χ0) is 14.8. The number of aromatic nitrogens is 4. The number of anilines is 1. The van der Waals surface area contributed by atoms with Gasteiger partial charge in [-0.2, -0.15) is 10.1 Å². The minimum Gasteiger partial charge on any atom is -0.290 e. The number of amides is 1. The van der Waals surface area contributed by atoms with Gasteiger partial charge >= 0.3 is 0 Å². The highest BCUT2D eigenvalue weighted by molar-refractivity contribution is 7.17. The van der Waals surface area contributed by atoms with E-state index in [0.717, 1.165) is 16.1 Å². The summed E-state index contributed by atoms with van der Waals surface area (Å²) in [6.45, 7) is 4.09. The molecule has 0 unspecified atom stereocenters. The second-order valence-corrected chi connectivity index (χ2v) is 5.67. The quantitative estimate of drug-likeness (QED) is 0.779. The van der Waals surface area contributed by atoms with Crippen LogP contribution in [0.4, 0.5) is 5.95 Å². The molecule has 2 N–H and O–H groups in total. The molecule has 3 rings (SSSR count). The molecule has 1 amide bonds. The highest BCUT2D eigenvalue weighted by Crippen LogP contribution is 2.28. The molecule has 21 heavy (non-hydrogen) atoms. The van der Waals surface area contributed by atoms with Crippen molar-refractivity contribution in [1.29, 1.82) is 0 Å². The molecule has 0 bridgehead atoms. The van der Waals surface area contributed by atoms with Crippen LogP contribution < -0.4 is 5.32 Å². The number of hydrogen-bond acceptors (Lipinski definition) is 5. The first-order valence-corrected chi connectivity index (χ1v) is 7.15. The van der Waals surface area contributed by atoms with Crippen LogP contribution in [0.25, 0.3) is 10.6 Å². The maximum Gasteiger partial charge on any atom is 0.269 e. The van der Waals surface area contributed by atoms with E-state index >= 15 is 0 Å². The van der Waals surface area contributed by atoms with Crippen LogP contribution in [-0.4, -0.2) is 26.1 Å². The summed E-state index contributed by atoms with van der Waals surface area (Å²) >= 11 is 1.35. The summed E-state index contributed by atoms with van der Waals surface area (Å²) in [5.74, 6) is 0.0710. The van der Waals surface area contributed by atoms with Crippen molar-refractivity contribution in [2.24, 2.45) is 0 Å². The summed E-state index contributed by atoms with van der Waals surface area (Å²) in [7, 11) is 0. The second-order valence-electron chi connectivity index (χ2n) is 4.64. The highest BCUT2D eigenvalue weighted by atomic mass is 32.1. The molecule has 0 radical (unpaired) electrons. The molecular formula is C14H13N5OS. The lowest BCUT2D eigenvalue weighted by molar-refractivity contribution is 0.102. The average Bonchev–Trinajstić information content (AvgIpc) is 3.09. The molecular weight excluding hydrogens is 286 g/mol. The monoisotopic (exact) mass is 299 g/mol. The maximum atomic E-state index is 12.1. The van der Waals surface area contributed by atoms with E-state index in [0.29, 0.717) is 10.8 Å². The first-order valence-electron chi connectivity index (χ1n) is 6.33. The maximum absolute atomic E-state index is 12.1. The molecule has 0 aliphatic carbocycles. The van der Waals surface area contributed by atoms with Crippen molar-refractivity contribution in [2.75, 3.05) is 5.32 Å². The van der Waals surface area contributed by atoms with Gasteiger partial charge in [-0.15, -0.1) is 11.3 Å². The molecule has 0 fully saturated rings. The molecule has 0 atom stereocenters. The number of rotatable bonds is 3. The summed E-state index contributed by atoms with van der Waals surface area (Å²) < 4.78 is 0. The van der Waals surface area contributed by atoms with Crippen molar-refractivity contribution in [3.05, 3.63) is 46.7 Å². The number of nitrogens with zero attached hydrogens (tertiary/aromatic N) is 3. The predicted octanol–water partition coefficient (Wildman–Crippen LogP) is 2.80. The molecule has 0 spiro atoms. The summed E-state index contributed by atoms with van der Waals surface area (Å²) in [4.78, 5) is 20.8. The van der Waals surface area contributed by atoms with E-state index in [-0.39, 0.29) is 5.91 Å². The third-order valence-corrected chi connectivity index (χ3v) is 4.02. The molecule has 6 nitrogen and oxygen atoms in total. The number of H-pyrrole nitrogens is 1. The van der Waals surface area contributed by atoms with Gasteiger partial charge < -0.3 is 0 Å². The largest absolute Gasteiger partial charge is 0.290 e. The van der Waals surface area contributed by atoms with Gasteiger partial charge in [0.05, 0.1) is 6.20 Å². The van der Waals surface area contributed by atoms with Crippen LogP contribution in [0, 0.1) is 13.8 Å². The Morgan fingerprint density at radius 1 is 1.29 bits per heavy atom. The number of hydrogen-bond donors (Lipinski definition) is 2. The second kappa shape index (κ2) is 5.45. The molecule has 2 heterocycles. The third-order valence-electron chi connectivity index (χ3n) is 2.99. The Labute approximate surface area is 125 Å². The van der Waals surface area contributed by atoms with E-state index in [9.17, 15) is 4.79 Å². The van der Waals surface area contributed by atoms with Gasteiger partial charge in [-0.1, -0.05) is 23.8 Å². The van der Waals surface area contributed by atoms with Gasteiger partial charge in [0.2, 0.25) is 5.95 Å². The lowest BCUT2D eigenvalue weighted by atomic mass is 10.1. The number of carbonyl (C=O) groups excluding carboxylic acids is 1. The SMILES string of the molecule is Cc1ccc(-c2ncc(C(=O)Nc3ncn[nH]3)s2)c(C)c1. The van der Waals surface area contributed by atoms with E-state index in [1.54, 1.807) is 6.20 Å². The minimum absolute atomic E-state index is 0.250. The number of thiazole rings is 1.